The first-order chi connectivity index (χ1) is 19.3. The van der Waals surface area contributed by atoms with Crippen LogP contribution in [0, 0.1) is 0 Å². The van der Waals surface area contributed by atoms with E-state index < -0.39 is 0 Å². The number of para-hydroxylation sites is 1. The molecule has 0 bridgehead atoms. The number of halogens is 1. The fraction of sp³-hybridized carbons (Fsp3) is 0.0270. The SMILES string of the molecule is Brc1ccc(N(c2ccccc2)c2ccc3c(c2)-c2ccccc2C32c3ccccc3-c3ccccc32)cc1. The number of hydrogen-bond donors (Lipinski definition) is 0. The first kappa shape index (κ1) is 22.6. The maximum Gasteiger partial charge on any atom is 0.0725 e. The van der Waals surface area contributed by atoms with Gasteiger partial charge in [0.1, 0.15) is 0 Å². The Bertz CT molecular complexity index is 1830. The molecule has 2 aliphatic carbocycles. The predicted octanol–water partition coefficient (Wildman–Crippen LogP) is 10.3. The van der Waals surface area contributed by atoms with E-state index in [9.17, 15) is 0 Å². The first-order valence-electron chi connectivity index (χ1n) is 13.3. The van der Waals surface area contributed by atoms with Gasteiger partial charge < -0.3 is 4.90 Å². The second-order valence-electron chi connectivity index (χ2n) is 10.3. The Labute approximate surface area is 237 Å². The minimum Gasteiger partial charge on any atom is -0.310 e. The van der Waals surface area contributed by atoms with Crippen LogP contribution in [0.4, 0.5) is 17.1 Å². The topological polar surface area (TPSA) is 3.24 Å². The molecule has 6 aromatic rings. The maximum atomic E-state index is 3.61. The van der Waals surface area contributed by atoms with Crippen molar-refractivity contribution in [3.05, 3.63) is 172 Å². The Morgan fingerprint density at radius 3 is 1.41 bits per heavy atom. The quantitative estimate of drug-likeness (QED) is 0.207. The van der Waals surface area contributed by atoms with Crippen LogP contribution in [0.1, 0.15) is 22.3 Å². The number of anilines is 3. The standard InChI is InChI=1S/C37H24BrN/c38-25-18-20-27(21-19-25)39(26-10-2-1-3-11-26)28-22-23-36-32(24-28)31-14-6-9-17-35(31)37(36)33-15-7-4-12-29(33)30-13-5-8-16-34(30)37/h1-24H. The van der Waals surface area contributed by atoms with Gasteiger partial charge in [0.15, 0.2) is 0 Å². The van der Waals surface area contributed by atoms with Crippen molar-refractivity contribution in [2.24, 2.45) is 0 Å². The summed E-state index contributed by atoms with van der Waals surface area (Å²) in [4.78, 5) is 2.34. The second kappa shape index (κ2) is 8.56. The summed E-state index contributed by atoms with van der Waals surface area (Å²) in [5.41, 5.74) is 13.8. The van der Waals surface area contributed by atoms with E-state index in [1.54, 1.807) is 0 Å². The Balaban J connectivity index is 1.41. The molecule has 0 heterocycles. The largest absolute Gasteiger partial charge is 0.310 e. The van der Waals surface area contributed by atoms with E-state index in [2.05, 4.69) is 166 Å². The van der Waals surface area contributed by atoms with Crippen LogP contribution in [0.3, 0.4) is 0 Å². The molecular weight excluding hydrogens is 538 g/mol. The van der Waals surface area contributed by atoms with Gasteiger partial charge >= 0.3 is 0 Å². The number of fused-ring (bicyclic) bond motifs is 10. The van der Waals surface area contributed by atoms with E-state index in [1.165, 1.54) is 44.5 Å². The molecule has 0 radical (unpaired) electrons. The number of hydrogen-bond acceptors (Lipinski definition) is 1. The summed E-state index contributed by atoms with van der Waals surface area (Å²) in [6, 6.07) is 53.1. The van der Waals surface area contributed by atoms with E-state index in [0.29, 0.717) is 0 Å². The van der Waals surface area contributed by atoms with Crippen molar-refractivity contribution < 1.29 is 0 Å². The van der Waals surface area contributed by atoms with E-state index in [4.69, 9.17) is 0 Å². The molecule has 0 aliphatic heterocycles. The third-order valence-electron chi connectivity index (χ3n) is 8.34. The van der Waals surface area contributed by atoms with Crippen molar-refractivity contribution in [3.63, 3.8) is 0 Å². The highest BCUT2D eigenvalue weighted by Gasteiger charge is 2.51. The van der Waals surface area contributed by atoms with Gasteiger partial charge in [0.2, 0.25) is 0 Å². The summed E-state index contributed by atoms with van der Waals surface area (Å²) >= 11 is 3.61. The number of rotatable bonds is 3. The fourth-order valence-corrected chi connectivity index (χ4v) is 7.11. The molecule has 0 unspecified atom stereocenters. The lowest BCUT2D eigenvalue weighted by Gasteiger charge is -2.31. The van der Waals surface area contributed by atoms with Gasteiger partial charge in [-0.05, 0) is 93.0 Å². The molecule has 0 amide bonds. The van der Waals surface area contributed by atoms with Crippen LogP contribution in [0.25, 0.3) is 22.3 Å². The highest BCUT2D eigenvalue weighted by atomic mass is 79.9. The normalized spacial score (nSPS) is 13.5. The minimum absolute atomic E-state index is 0.313. The van der Waals surface area contributed by atoms with Crippen LogP contribution in [0.15, 0.2) is 150 Å². The lowest BCUT2D eigenvalue weighted by atomic mass is 9.70. The van der Waals surface area contributed by atoms with Crippen molar-refractivity contribution in [2.75, 3.05) is 4.90 Å². The molecule has 0 aromatic heterocycles. The first-order valence-corrected chi connectivity index (χ1v) is 14.1. The summed E-state index contributed by atoms with van der Waals surface area (Å²) in [7, 11) is 0. The summed E-state index contributed by atoms with van der Waals surface area (Å²) in [5, 5.41) is 0. The molecular formula is C37H24BrN. The summed E-state index contributed by atoms with van der Waals surface area (Å²) in [6.45, 7) is 0. The summed E-state index contributed by atoms with van der Waals surface area (Å²) < 4.78 is 1.07. The zero-order chi connectivity index (χ0) is 26.0. The van der Waals surface area contributed by atoms with Crippen molar-refractivity contribution in [1.82, 2.24) is 0 Å². The molecule has 1 nitrogen and oxygen atoms in total. The van der Waals surface area contributed by atoms with Crippen molar-refractivity contribution >= 4 is 33.0 Å². The molecule has 6 aromatic carbocycles. The number of nitrogens with zero attached hydrogens (tertiary/aromatic N) is 1. The zero-order valence-corrected chi connectivity index (χ0v) is 22.8. The zero-order valence-electron chi connectivity index (χ0n) is 21.2. The fourth-order valence-electron chi connectivity index (χ4n) is 6.84. The second-order valence-corrected chi connectivity index (χ2v) is 11.2. The van der Waals surface area contributed by atoms with Crippen LogP contribution in [-0.2, 0) is 5.41 Å². The Hall–Kier alpha value is -4.40. The molecule has 0 saturated carbocycles. The van der Waals surface area contributed by atoms with Crippen molar-refractivity contribution in [1.29, 1.82) is 0 Å². The third-order valence-corrected chi connectivity index (χ3v) is 8.87. The van der Waals surface area contributed by atoms with Crippen LogP contribution < -0.4 is 4.90 Å². The van der Waals surface area contributed by atoms with Gasteiger partial charge in [0, 0.05) is 21.5 Å². The third kappa shape index (κ3) is 3.13. The highest BCUT2D eigenvalue weighted by molar-refractivity contribution is 9.10. The summed E-state index contributed by atoms with van der Waals surface area (Å²) in [5.74, 6) is 0. The van der Waals surface area contributed by atoms with Crippen LogP contribution >= 0.6 is 15.9 Å². The van der Waals surface area contributed by atoms with Crippen LogP contribution in [-0.4, -0.2) is 0 Å². The van der Waals surface area contributed by atoms with E-state index >= 15 is 0 Å². The van der Waals surface area contributed by atoms with Gasteiger partial charge in [-0.2, -0.15) is 0 Å². The van der Waals surface area contributed by atoms with Crippen LogP contribution in [0.5, 0.6) is 0 Å². The van der Waals surface area contributed by atoms with Gasteiger partial charge in [-0.25, -0.2) is 0 Å². The molecule has 0 fully saturated rings. The molecule has 2 heteroatoms. The number of benzene rings is 6. The minimum atomic E-state index is -0.313. The van der Waals surface area contributed by atoms with Gasteiger partial charge in [-0.1, -0.05) is 113 Å². The van der Waals surface area contributed by atoms with Gasteiger partial charge in [0.25, 0.3) is 0 Å². The average Bonchev–Trinajstić information content (AvgIpc) is 3.46. The Kier molecular flexibility index (Phi) is 4.95. The van der Waals surface area contributed by atoms with Crippen molar-refractivity contribution in [2.45, 2.75) is 5.41 Å². The Morgan fingerprint density at radius 1 is 0.385 bits per heavy atom. The van der Waals surface area contributed by atoms with Gasteiger partial charge in [0.05, 0.1) is 5.41 Å². The smallest absolute Gasteiger partial charge is 0.0725 e. The molecule has 8 rings (SSSR count). The van der Waals surface area contributed by atoms with Crippen LogP contribution in [0.2, 0.25) is 0 Å². The van der Waals surface area contributed by atoms with Gasteiger partial charge in [-0.15, -0.1) is 0 Å². The summed E-state index contributed by atoms with van der Waals surface area (Å²) in [6.07, 6.45) is 0. The van der Waals surface area contributed by atoms with E-state index in [0.717, 1.165) is 21.5 Å². The molecule has 39 heavy (non-hydrogen) atoms. The maximum absolute atomic E-state index is 3.61. The van der Waals surface area contributed by atoms with Gasteiger partial charge in [-0.3, -0.25) is 0 Å². The lowest BCUT2D eigenvalue weighted by molar-refractivity contribution is 0.794. The molecule has 2 aliphatic rings. The highest BCUT2D eigenvalue weighted by Crippen LogP contribution is 2.63. The Morgan fingerprint density at radius 2 is 0.821 bits per heavy atom. The molecule has 184 valence electrons. The lowest BCUT2D eigenvalue weighted by Crippen LogP contribution is -2.25. The predicted molar refractivity (Wildman–Crippen MR) is 165 cm³/mol. The molecule has 1 spiro atoms. The van der Waals surface area contributed by atoms with E-state index in [-0.39, 0.29) is 5.41 Å². The molecule has 0 N–H and O–H groups in total. The van der Waals surface area contributed by atoms with E-state index in [1.807, 2.05) is 0 Å². The van der Waals surface area contributed by atoms with Crippen molar-refractivity contribution in [3.8, 4) is 22.3 Å². The average molecular weight is 563 g/mol. The molecule has 0 atom stereocenters. The monoisotopic (exact) mass is 561 g/mol. The molecule has 0 saturated heterocycles.